The zero-order valence-corrected chi connectivity index (χ0v) is 16.1. The number of hydrogen-bond acceptors (Lipinski definition) is 6. The molecule has 9 heteroatoms. The number of nitrogens with zero attached hydrogens (tertiary/aromatic N) is 5. The molecule has 140 valence electrons. The third-order valence-corrected chi connectivity index (χ3v) is 6.93. The SMILES string of the molecule is N#Cc1ccc(S(=O)(=O)N2CCN(c3cc(Cl)nc(C4CC4)n3)CC2)cc1. The summed E-state index contributed by atoms with van der Waals surface area (Å²) in [5.74, 6) is 1.94. The minimum Gasteiger partial charge on any atom is -0.354 e. The highest BCUT2D eigenvalue weighted by Gasteiger charge is 2.31. The van der Waals surface area contributed by atoms with Crippen molar-refractivity contribution in [2.45, 2.75) is 23.7 Å². The molecule has 0 radical (unpaired) electrons. The molecule has 0 spiro atoms. The molecular weight excluding hydrogens is 386 g/mol. The van der Waals surface area contributed by atoms with Crippen molar-refractivity contribution in [3.8, 4) is 6.07 Å². The van der Waals surface area contributed by atoms with E-state index in [4.69, 9.17) is 16.9 Å². The fourth-order valence-corrected chi connectivity index (χ4v) is 4.72. The van der Waals surface area contributed by atoms with Crippen molar-refractivity contribution < 1.29 is 8.42 Å². The molecule has 0 amide bonds. The van der Waals surface area contributed by atoms with Gasteiger partial charge < -0.3 is 4.90 Å². The summed E-state index contributed by atoms with van der Waals surface area (Å²) in [5.41, 5.74) is 0.436. The summed E-state index contributed by atoms with van der Waals surface area (Å²) in [5, 5.41) is 9.28. The minimum atomic E-state index is -3.57. The second-order valence-electron chi connectivity index (χ2n) is 6.71. The number of rotatable bonds is 4. The molecule has 4 rings (SSSR count). The number of sulfonamides is 1. The molecule has 1 saturated carbocycles. The number of nitriles is 1. The van der Waals surface area contributed by atoms with Gasteiger partial charge >= 0.3 is 0 Å². The van der Waals surface area contributed by atoms with Crippen molar-refractivity contribution in [1.82, 2.24) is 14.3 Å². The van der Waals surface area contributed by atoms with Crippen molar-refractivity contribution in [1.29, 1.82) is 5.26 Å². The summed E-state index contributed by atoms with van der Waals surface area (Å²) in [6, 6.07) is 9.72. The maximum absolute atomic E-state index is 12.8. The van der Waals surface area contributed by atoms with Crippen LogP contribution in [0.1, 0.15) is 30.1 Å². The van der Waals surface area contributed by atoms with Gasteiger partial charge in [0.05, 0.1) is 16.5 Å². The molecule has 1 aromatic carbocycles. The van der Waals surface area contributed by atoms with E-state index in [1.165, 1.54) is 28.6 Å². The Morgan fingerprint density at radius 1 is 1.07 bits per heavy atom. The molecule has 0 N–H and O–H groups in total. The molecule has 27 heavy (non-hydrogen) atoms. The van der Waals surface area contributed by atoms with Gasteiger partial charge in [0.2, 0.25) is 10.0 Å². The molecule has 1 aliphatic carbocycles. The molecule has 1 saturated heterocycles. The molecule has 1 aliphatic heterocycles. The van der Waals surface area contributed by atoms with E-state index in [1.54, 1.807) is 6.07 Å². The fourth-order valence-electron chi connectivity index (χ4n) is 3.12. The molecule has 2 aromatic rings. The van der Waals surface area contributed by atoms with Crippen LogP contribution >= 0.6 is 11.6 Å². The number of hydrogen-bond donors (Lipinski definition) is 0. The summed E-state index contributed by atoms with van der Waals surface area (Å²) in [6.45, 7) is 1.80. The van der Waals surface area contributed by atoms with Crippen molar-refractivity contribution in [3.63, 3.8) is 0 Å². The van der Waals surface area contributed by atoms with Gasteiger partial charge in [-0.15, -0.1) is 0 Å². The topological polar surface area (TPSA) is 90.2 Å². The van der Waals surface area contributed by atoms with Crippen LogP contribution in [0, 0.1) is 11.3 Å². The van der Waals surface area contributed by atoms with Gasteiger partial charge in [0.25, 0.3) is 0 Å². The Hall–Kier alpha value is -2.21. The fraction of sp³-hybridized carbons (Fsp3) is 0.389. The van der Waals surface area contributed by atoms with Crippen molar-refractivity contribution in [2.24, 2.45) is 0 Å². The normalized spacial score (nSPS) is 18.3. The second kappa shape index (κ2) is 7.08. The van der Waals surface area contributed by atoms with Crippen molar-refractivity contribution >= 4 is 27.4 Å². The maximum Gasteiger partial charge on any atom is 0.243 e. The highest BCUT2D eigenvalue weighted by atomic mass is 35.5. The first-order valence-electron chi connectivity index (χ1n) is 8.77. The van der Waals surface area contributed by atoms with E-state index in [2.05, 4.69) is 9.97 Å². The van der Waals surface area contributed by atoms with E-state index in [0.29, 0.717) is 42.8 Å². The Morgan fingerprint density at radius 2 is 1.74 bits per heavy atom. The van der Waals surface area contributed by atoms with E-state index in [9.17, 15) is 8.42 Å². The van der Waals surface area contributed by atoms with Crippen molar-refractivity contribution in [2.75, 3.05) is 31.1 Å². The predicted octanol–water partition coefficient (Wildman–Crippen LogP) is 2.39. The minimum absolute atomic E-state index is 0.205. The average Bonchev–Trinajstić information content (AvgIpc) is 3.53. The van der Waals surface area contributed by atoms with E-state index in [1.807, 2.05) is 11.0 Å². The summed E-state index contributed by atoms with van der Waals surface area (Å²) in [6.07, 6.45) is 2.19. The number of piperazine rings is 1. The standard InChI is InChI=1S/C18H18ClN5O2S/c19-16-11-17(22-18(21-16)14-3-4-14)23-7-9-24(10-8-23)27(25,26)15-5-1-13(12-20)2-6-15/h1-2,5-6,11,14H,3-4,7-10H2. The van der Waals surface area contributed by atoms with Crippen LogP contribution in [-0.2, 0) is 10.0 Å². The first-order chi connectivity index (χ1) is 13.0. The first kappa shape index (κ1) is 18.2. The van der Waals surface area contributed by atoms with Gasteiger partial charge in [0, 0.05) is 38.2 Å². The molecule has 2 fully saturated rings. The summed E-state index contributed by atoms with van der Waals surface area (Å²) in [4.78, 5) is 11.2. The van der Waals surface area contributed by atoms with Gasteiger partial charge in [-0.1, -0.05) is 11.6 Å². The lowest BCUT2D eigenvalue weighted by Gasteiger charge is -2.34. The number of halogens is 1. The smallest absolute Gasteiger partial charge is 0.243 e. The lowest BCUT2D eigenvalue weighted by atomic mass is 10.2. The number of benzene rings is 1. The van der Waals surface area contributed by atoms with E-state index in [0.717, 1.165) is 24.5 Å². The van der Waals surface area contributed by atoms with Crippen LogP contribution in [0.5, 0.6) is 0 Å². The largest absolute Gasteiger partial charge is 0.354 e. The summed E-state index contributed by atoms with van der Waals surface area (Å²) in [7, 11) is -3.57. The van der Waals surface area contributed by atoms with Crippen LogP contribution in [0.15, 0.2) is 35.2 Å². The van der Waals surface area contributed by atoms with Gasteiger partial charge in [0.1, 0.15) is 16.8 Å². The lowest BCUT2D eigenvalue weighted by Crippen LogP contribution is -2.49. The lowest BCUT2D eigenvalue weighted by molar-refractivity contribution is 0.383. The summed E-state index contributed by atoms with van der Waals surface area (Å²) >= 11 is 6.14. The molecule has 0 bridgehead atoms. The second-order valence-corrected chi connectivity index (χ2v) is 9.03. The highest BCUT2D eigenvalue weighted by molar-refractivity contribution is 7.89. The molecule has 7 nitrogen and oxygen atoms in total. The zero-order chi connectivity index (χ0) is 19.0. The third-order valence-electron chi connectivity index (χ3n) is 4.82. The number of anilines is 1. The Kier molecular flexibility index (Phi) is 4.76. The average molecular weight is 404 g/mol. The molecule has 0 atom stereocenters. The molecule has 0 unspecified atom stereocenters. The highest BCUT2D eigenvalue weighted by Crippen LogP contribution is 2.39. The van der Waals surface area contributed by atoms with E-state index >= 15 is 0 Å². The summed E-state index contributed by atoms with van der Waals surface area (Å²) < 4.78 is 27.1. The van der Waals surface area contributed by atoms with E-state index in [-0.39, 0.29) is 4.90 Å². The Labute approximate surface area is 163 Å². The molecule has 1 aromatic heterocycles. The predicted molar refractivity (Wildman–Crippen MR) is 101 cm³/mol. The van der Waals surface area contributed by atoms with Gasteiger partial charge in [-0.25, -0.2) is 18.4 Å². The van der Waals surface area contributed by atoms with Crippen LogP contribution in [-0.4, -0.2) is 48.9 Å². The first-order valence-corrected chi connectivity index (χ1v) is 10.6. The van der Waals surface area contributed by atoms with Crippen LogP contribution in [0.4, 0.5) is 5.82 Å². The van der Waals surface area contributed by atoms with Gasteiger partial charge in [-0.3, -0.25) is 0 Å². The van der Waals surface area contributed by atoms with Gasteiger partial charge in [0.15, 0.2) is 0 Å². The van der Waals surface area contributed by atoms with Crippen LogP contribution in [0.25, 0.3) is 0 Å². The van der Waals surface area contributed by atoms with Crippen LogP contribution in [0.2, 0.25) is 5.15 Å². The maximum atomic E-state index is 12.8. The molecular formula is C18H18ClN5O2S. The van der Waals surface area contributed by atoms with E-state index < -0.39 is 10.0 Å². The quantitative estimate of drug-likeness (QED) is 0.728. The molecule has 2 aliphatic rings. The number of aromatic nitrogens is 2. The molecule has 2 heterocycles. The van der Waals surface area contributed by atoms with Gasteiger partial charge in [-0.2, -0.15) is 9.57 Å². The Bertz CT molecular complexity index is 991. The Balaban J connectivity index is 1.47. The van der Waals surface area contributed by atoms with Crippen molar-refractivity contribution in [3.05, 3.63) is 46.9 Å². The Morgan fingerprint density at radius 3 is 2.33 bits per heavy atom. The van der Waals surface area contributed by atoms with Gasteiger partial charge in [-0.05, 0) is 37.1 Å². The zero-order valence-electron chi connectivity index (χ0n) is 14.5. The van der Waals surface area contributed by atoms with Crippen LogP contribution in [0.3, 0.4) is 0 Å². The third kappa shape index (κ3) is 3.76. The monoisotopic (exact) mass is 403 g/mol. The van der Waals surface area contributed by atoms with Crippen LogP contribution < -0.4 is 4.90 Å².